The minimum atomic E-state index is -0.729. The number of carbonyl (C=O) groups excluding carboxylic acids is 1. The average molecular weight is 166 g/mol. The van der Waals surface area contributed by atoms with E-state index < -0.39 is 6.16 Å². The van der Waals surface area contributed by atoms with Crippen molar-refractivity contribution < 1.29 is 19.4 Å². The number of ether oxygens (including phenoxy) is 2. The SMILES string of the molecule is O=C1OCc2c(O)cccc2O1. The van der Waals surface area contributed by atoms with Crippen LogP contribution in [0.25, 0.3) is 0 Å². The Hall–Kier alpha value is -1.71. The lowest BCUT2D eigenvalue weighted by molar-refractivity contribution is 0.0774. The molecule has 0 saturated carbocycles. The predicted molar refractivity (Wildman–Crippen MR) is 38.9 cm³/mol. The van der Waals surface area contributed by atoms with Gasteiger partial charge >= 0.3 is 6.16 Å². The second kappa shape index (κ2) is 2.41. The molecule has 0 fully saturated rings. The molecule has 1 heterocycles. The monoisotopic (exact) mass is 166 g/mol. The molecule has 0 radical (unpaired) electrons. The summed E-state index contributed by atoms with van der Waals surface area (Å²) in [7, 11) is 0. The molecule has 12 heavy (non-hydrogen) atoms. The minimum Gasteiger partial charge on any atom is -0.507 e. The molecular formula is C8H6O4. The molecule has 1 aromatic rings. The molecule has 0 saturated heterocycles. The molecule has 1 N–H and O–H groups in total. The zero-order valence-electron chi connectivity index (χ0n) is 6.11. The number of hydrogen-bond donors (Lipinski definition) is 1. The molecule has 2 rings (SSSR count). The molecule has 0 amide bonds. The first-order valence-corrected chi connectivity index (χ1v) is 3.43. The number of fused-ring (bicyclic) bond motifs is 1. The van der Waals surface area contributed by atoms with Crippen molar-refractivity contribution in [3.63, 3.8) is 0 Å². The quantitative estimate of drug-likeness (QED) is 0.467. The van der Waals surface area contributed by atoms with Crippen molar-refractivity contribution in [2.24, 2.45) is 0 Å². The number of phenols is 1. The molecule has 0 aliphatic carbocycles. The van der Waals surface area contributed by atoms with Crippen molar-refractivity contribution in [3.05, 3.63) is 23.8 Å². The lowest BCUT2D eigenvalue weighted by Crippen LogP contribution is -2.17. The first kappa shape index (κ1) is 6.97. The summed E-state index contributed by atoms with van der Waals surface area (Å²) in [6.45, 7) is 0.0703. The highest BCUT2D eigenvalue weighted by atomic mass is 16.7. The summed E-state index contributed by atoms with van der Waals surface area (Å²) < 4.78 is 9.26. The molecule has 0 spiro atoms. The highest BCUT2D eigenvalue weighted by Gasteiger charge is 2.20. The summed E-state index contributed by atoms with van der Waals surface area (Å²) in [4.78, 5) is 10.6. The summed E-state index contributed by atoms with van der Waals surface area (Å²) in [5.74, 6) is 0.450. The highest BCUT2D eigenvalue weighted by molar-refractivity contribution is 5.67. The van der Waals surface area contributed by atoms with Gasteiger partial charge in [-0.15, -0.1) is 0 Å². The maximum Gasteiger partial charge on any atom is 0.514 e. The van der Waals surface area contributed by atoms with Crippen molar-refractivity contribution in [1.82, 2.24) is 0 Å². The van der Waals surface area contributed by atoms with Crippen molar-refractivity contribution in [2.45, 2.75) is 6.61 Å². The largest absolute Gasteiger partial charge is 0.514 e. The van der Waals surface area contributed by atoms with Crippen LogP contribution >= 0.6 is 0 Å². The standard InChI is InChI=1S/C8H6O4/c9-6-2-1-3-7-5(6)4-11-8(10)12-7/h1-3,9H,4H2. The third-order valence-electron chi connectivity index (χ3n) is 1.64. The van der Waals surface area contributed by atoms with Gasteiger partial charge < -0.3 is 14.6 Å². The van der Waals surface area contributed by atoms with Gasteiger partial charge in [-0.25, -0.2) is 4.79 Å². The van der Waals surface area contributed by atoms with Gasteiger partial charge in [0.1, 0.15) is 18.1 Å². The average Bonchev–Trinajstić information content (AvgIpc) is 2.04. The summed E-state index contributed by atoms with van der Waals surface area (Å²) in [5, 5.41) is 9.27. The Balaban J connectivity index is 2.48. The Morgan fingerprint density at radius 2 is 2.25 bits per heavy atom. The van der Waals surface area contributed by atoms with Crippen LogP contribution in [0.2, 0.25) is 0 Å². The number of benzene rings is 1. The maximum absolute atomic E-state index is 10.6. The third-order valence-corrected chi connectivity index (χ3v) is 1.64. The van der Waals surface area contributed by atoms with Crippen molar-refractivity contribution in [3.8, 4) is 11.5 Å². The van der Waals surface area contributed by atoms with Crippen molar-refractivity contribution in [1.29, 1.82) is 0 Å². The van der Waals surface area contributed by atoms with Gasteiger partial charge in [0.15, 0.2) is 0 Å². The smallest absolute Gasteiger partial charge is 0.507 e. The molecule has 1 aromatic carbocycles. The Morgan fingerprint density at radius 3 is 3.08 bits per heavy atom. The second-order valence-corrected chi connectivity index (χ2v) is 2.39. The molecule has 0 unspecified atom stereocenters. The first-order chi connectivity index (χ1) is 5.77. The Labute approximate surface area is 68.3 Å². The molecule has 62 valence electrons. The normalized spacial score (nSPS) is 14.5. The number of hydrogen-bond acceptors (Lipinski definition) is 4. The van der Waals surface area contributed by atoms with E-state index in [1.807, 2.05) is 0 Å². The van der Waals surface area contributed by atoms with Crippen LogP contribution in [0.15, 0.2) is 18.2 Å². The molecule has 4 heteroatoms. The number of rotatable bonds is 0. The summed E-state index contributed by atoms with van der Waals surface area (Å²) in [6, 6.07) is 4.73. The Bertz CT molecular complexity index is 332. The van der Waals surface area contributed by atoms with Crippen LogP contribution in [0.1, 0.15) is 5.56 Å². The van der Waals surface area contributed by atoms with E-state index in [-0.39, 0.29) is 12.4 Å². The van der Waals surface area contributed by atoms with E-state index in [9.17, 15) is 9.90 Å². The van der Waals surface area contributed by atoms with E-state index in [0.717, 1.165) is 0 Å². The van der Waals surface area contributed by atoms with Crippen LogP contribution in [0.3, 0.4) is 0 Å². The van der Waals surface area contributed by atoms with E-state index >= 15 is 0 Å². The minimum absolute atomic E-state index is 0.0703. The van der Waals surface area contributed by atoms with E-state index in [4.69, 9.17) is 4.74 Å². The lowest BCUT2D eigenvalue weighted by atomic mass is 10.2. The zero-order chi connectivity index (χ0) is 8.55. The Morgan fingerprint density at radius 1 is 1.42 bits per heavy atom. The summed E-state index contributed by atoms with van der Waals surface area (Å²) >= 11 is 0. The van der Waals surface area contributed by atoms with Crippen LogP contribution in [0.4, 0.5) is 4.79 Å². The summed E-state index contributed by atoms with van der Waals surface area (Å²) in [5.41, 5.74) is 0.511. The van der Waals surface area contributed by atoms with Gasteiger partial charge in [-0.3, -0.25) is 0 Å². The molecule has 0 atom stereocenters. The maximum atomic E-state index is 10.6. The fourth-order valence-corrected chi connectivity index (χ4v) is 1.05. The van der Waals surface area contributed by atoms with Gasteiger partial charge in [-0.1, -0.05) is 6.07 Å². The fourth-order valence-electron chi connectivity index (χ4n) is 1.05. The van der Waals surface area contributed by atoms with E-state index in [2.05, 4.69) is 4.74 Å². The highest BCUT2D eigenvalue weighted by Crippen LogP contribution is 2.31. The predicted octanol–water partition coefficient (Wildman–Crippen LogP) is 1.42. The van der Waals surface area contributed by atoms with E-state index in [1.54, 1.807) is 12.1 Å². The van der Waals surface area contributed by atoms with Gasteiger partial charge in [0.25, 0.3) is 0 Å². The molecule has 1 aliphatic rings. The van der Waals surface area contributed by atoms with E-state index in [0.29, 0.717) is 11.3 Å². The zero-order valence-corrected chi connectivity index (χ0v) is 6.11. The second-order valence-electron chi connectivity index (χ2n) is 2.39. The lowest BCUT2D eigenvalue weighted by Gasteiger charge is -2.16. The van der Waals surface area contributed by atoms with Crippen molar-refractivity contribution >= 4 is 6.16 Å². The van der Waals surface area contributed by atoms with Gasteiger partial charge in [-0.05, 0) is 12.1 Å². The summed E-state index contributed by atoms with van der Waals surface area (Å²) in [6.07, 6.45) is -0.729. The third kappa shape index (κ3) is 0.972. The van der Waals surface area contributed by atoms with Gasteiger partial charge in [0, 0.05) is 0 Å². The molecule has 0 aromatic heterocycles. The van der Waals surface area contributed by atoms with Gasteiger partial charge in [-0.2, -0.15) is 0 Å². The number of phenolic OH excluding ortho intramolecular Hbond substituents is 1. The number of aromatic hydroxyl groups is 1. The van der Waals surface area contributed by atoms with Crippen LogP contribution in [0.5, 0.6) is 11.5 Å². The van der Waals surface area contributed by atoms with E-state index in [1.165, 1.54) is 6.07 Å². The Kier molecular flexibility index (Phi) is 1.40. The first-order valence-electron chi connectivity index (χ1n) is 3.43. The van der Waals surface area contributed by atoms with Gasteiger partial charge in [0.05, 0.1) is 5.56 Å². The van der Waals surface area contributed by atoms with Crippen LogP contribution in [-0.2, 0) is 11.3 Å². The number of carbonyl (C=O) groups is 1. The topological polar surface area (TPSA) is 55.8 Å². The van der Waals surface area contributed by atoms with Crippen LogP contribution in [0, 0.1) is 0 Å². The fraction of sp³-hybridized carbons (Fsp3) is 0.125. The van der Waals surface area contributed by atoms with Gasteiger partial charge in [0.2, 0.25) is 0 Å². The number of cyclic esters (lactones) is 1. The molecule has 0 bridgehead atoms. The molecular weight excluding hydrogens is 160 g/mol. The van der Waals surface area contributed by atoms with Crippen LogP contribution < -0.4 is 4.74 Å². The van der Waals surface area contributed by atoms with Crippen LogP contribution in [-0.4, -0.2) is 11.3 Å². The molecule has 4 nitrogen and oxygen atoms in total. The van der Waals surface area contributed by atoms with Crippen molar-refractivity contribution in [2.75, 3.05) is 0 Å². The molecule has 1 aliphatic heterocycles.